The predicted octanol–water partition coefficient (Wildman–Crippen LogP) is 3.31. The fraction of sp³-hybridized carbons (Fsp3) is 0.105. The summed E-state index contributed by atoms with van der Waals surface area (Å²) < 4.78 is 1.54. The Kier molecular flexibility index (Phi) is 5.30. The van der Waals surface area contributed by atoms with Crippen LogP contribution in [0.2, 0.25) is 0 Å². The van der Waals surface area contributed by atoms with Crippen LogP contribution in [0.3, 0.4) is 0 Å². The number of para-hydroxylation sites is 2. The van der Waals surface area contributed by atoms with Crippen LogP contribution in [0.4, 0.5) is 5.69 Å². The van der Waals surface area contributed by atoms with Gasteiger partial charge in [-0.05, 0) is 24.3 Å². The van der Waals surface area contributed by atoms with Crippen LogP contribution in [0.15, 0.2) is 77.2 Å². The first-order chi connectivity index (χ1) is 12.2. The molecule has 0 aliphatic rings. The first kappa shape index (κ1) is 17.0. The van der Waals surface area contributed by atoms with E-state index in [4.69, 9.17) is 0 Å². The average Bonchev–Trinajstić information content (AvgIpc) is 2.63. The molecule has 0 fully saturated rings. The van der Waals surface area contributed by atoms with Crippen molar-refractivity contribution in [2.24, 2.45) is 0 Å². The molecular weight excluding hydrogens is 334 g/mol. The van der Waals surface area contributed by atoms with Gasteiger partial charge >= 0.3 is 0 Å². The fourth-order valence-corrected chi connectivity index (χ4v) is 3.21. The van der Waals surface area contributed by atoms with Crippen LogP contribution in [0.5, 0.6) is 0 Å². The number of amides is 1. The Hall–Kier alpha value is -2.86. The summed E-state index contributed by atoms with van der Waals surface area (Å²) in [5.41, 5.74) is 1.23. The molecule has 1 aromatic heterocycles. The highest BCUT2D eigenvalue weighted by Gasteiger charge is 2.12. The summed E-state index contributed by atoms with van der Waals surface area (Å²) in [6.45, 7) is 4.04. The van der Waals surface area contributed by atoms with Crippen molar-refractivity contribution in [2.75, 3.05) is 11.1 Å². The predicted molar refractivity (Wildman–Crippen MR) is 102 cm³/mol. The lowest BCUT2D eigenvalue weighted by atomic mass is 10.2. The second-order valence-corrected chi connectivity index (χ2v) is 6.26. The second kappa shape index (κ2) is 7.81. The van der Waals surface area contributed by atoms with E-state index in [0.29, 0.717) is 22.6 Å². The number of hydrogen-bond donors (Lipinski definition) is 1. The summed E-state index contributed by atoms with van der Waals surface area (Å²) in [6, 6.07) is 16.4. The third kappa shape index (κ3) is 3.97. The number of carbonyl (C=O) groups is 1. The zero-order valence-corrected chi connectivity index (χ0v) is 14.3. The molecule has 126 valence electrons. The number of carbonyl (C=O) groups excluding carboxylic acids is 1. The minimum atomic E-state index is -0.149. The number of hydrogen-bond acceptors (Lipinski definition) is 4. The Morgan fingerprint density at radius 2 is 1.88 bits per heavy atom. The molecule has 5 nitrogen and oxygen atoms in total. The lowest BCUT2D eigenvalue weighted by Crippen LogP contribution is -2.23. The maximum atomic E-state index is 12.6. The van der Waals surface area contributed by atoms with Gasteiger partial charge in [0.25, 0.3) is 5.56 Å². The highest BCUT2D eigenvalue weighted by Crippen LogP contribution is 2.18. The minimum Gasteiger partial charge on any atom is -0.325 e. The van der Waals surface area contributed by atoms with Crippen LogP contribution >= 0.6 is 11.8 Å². The van der Waals surface area contributed by atoms with Gasteiger partial charge in [0.15, 0.2) is 5.16 Å². The molecule has 0 spiro atoms. The van der Waals surface area contributed by atoms with Crippen LogP contribution in [0, 0.1) is 0 Å². The largest absolute Gasteiger partial charge is 0.325 e. The van der Waals surface area contributed by atoms with Gasteiger partial charge in [-0.15, -0.1) is 6.58 Å². The third-order valence-electron chi connectivity index (χ3n) is 3.53. The monoisotopic (exact) mass is 351 g/mol. The summed E-state index contributed by atoms with van der Waals surface area (Å²) >= 11 is 1.24. The van der Waals surface area contributed by atoms with Crippen molar-refractivity contribution in [2.45, 2.75) is 11.7 Å². The third-order valence-corrected chi connectivity index (χ3v) is 4.50. The zero-order chi connectivity index (χ0) is 17.6. The second-order valence-electron chi connectivity index (χ2n) is 5.32. The van der Waals surface area contributed by atoms with Gasteiger partial charge < -0.3 is 5.32 Å². The SMILES string of the molecule is C=CCn1c(SCC(=O)Nc2ccccc2)nc2ccccc2c1=O. The van der Waals surface area contributed by atoms with Crippen molar-refractivity contribution >= 4 is 34.3 Å². The van der Waals surface area contributed by atoms with Crippen molar-refractivity contribution in [1.82, 2.24) is 9.55 Å². The highest BCUT2D eigenvalue weighted by molar-refractivity contribution is 7.99. The summed E-state index contributed by atoms with van der Waals surface area (Å²) in [5, 5.41) is 3.88. The normalized spacial score (nSPS) is 10.6. The molecule has 1 N–H and O–H groups in total. The van der Waals surface area contributed by atoms with Crippen LogP contribution in [-0.4, -0.2) is 21.2 Å². The van der Waals surface area contributed by atoms with Crippen LogP contribution in [0.1, 0.15) is 0 Å². The first-order valence-electron chi connectivity index (χ1n) is 7.77. The minimum absolute atomic E-state index is 0.128. The van der Waals surface area contributed by atoms with Gasteiger partial charge in [0.2, 0.25) is 5.91 Å². The van der Waals surface area contributed by atoms with Crippen LogP contribution < -0.4 is 10.9 Å². The van der Waals surface area contributed by atoms with Crippen molar-refractivity contribution in [1.29, 1.82) is 0 Å². The molecule has 1 amide bonds. The molecule has 0 aliphatic carbocycles. The van der Waals surface area contributed by atoms with Gasteiger partial charge in [-0.2, -0.15) is 0 Å². The summed E-state index contributed by atoms with van der Waals surface area (Å²) in [7, 11) is 0. The number of rotatable bonds is 6. The van der Waals surface area contributed by atoms with E-state index < -0.39 is 0 Å². The van der Waals surface area contributed by atoms with Crippen molar-refractivity contribution in [3.8, 4) is 0 Å². The maximum Gasteiger partial charge on any atom is 0.262 e. The summed E-state index contributed by atoms with van der Waals surface area (Å²) in [4.78, 5) is 29.3. The van der Waals surface area contributed by atoms with E-state index in [1.54, 1.807) is 18.2 Å². The number of aromatic nitrogens is 2. The maximum absolute atomic E-state index is 12.6. The Balaban J connectivity index is 1.82. The number of allylic oxidation sites excluding steroid dienone is 1. The van der Waals surface area contributed by atoms with Gasteiger partial charge in [-0.1, -0.05) is 48.2 Å². The molecule has 2 aromatic carbocycles. The van der Waals surface area contributed by atoms with E-state index in [1.165, 1.54) is 16.3 Å². The average molecular weight is 351 g/mol. The molecule has 6 heteroatoms. The molecule has 3 rings (SSSR count). The van der Waals surface area contributed by atoms with Crippen molar-refractivity contribution in [3.63, 3.8) is 0 Å². The van der Waals surface area contributed by atoms with E-state index in [9.17, 15) is 9.59 Å². The number of benzene rings is 2. The Labute approximate surface area is 149 Å². The first-order valence-corrected chi connectivity index (χ1v) is 8.76. The number of thioether (sulfide) groups is 1. The molecular formula is C19H17N3O2S. The zero-order valence-electron chi connectivity index (χ0n) is 13.5. The Morgan fingerprint density at radius 1 is 1.16 bits per heavy atom. The van der Waals surface area contributed by atoms with Gasteiger partial charge in [0.1, 0.15) is 0 Å². The Morgan fingerprint density at radius 3 is 2.64 bits per heavy atom. The van der Waals surface area contributed by atoms with Gasteiger partial charge in [-0.3, -0.25) is 14.2 Å². The number of nitrogens with one attached hydrogen (secondary N) is 1. The molecule has 1 heterocycles. The topological polar surface area (TPSA) is 64.0 Å². The molecule has 0 saturated heterocycles. The molecule has 25 heavy (non-hydrogen) atoms. The molecule has 0 radical (unpaired) electrons. The highest BCUT2D eigenvalue weighted by atomic mass is 32.2. The molecule has 0 unspecified atom stereocenters. The molecule has 0 atom stereocenters. The summed E-state index contributed by atoms with van der Waals surface area (Å²) in [5.74, 6) is 0.0142. The smallest absolute Gasteiger partial charge is 0.262 e. The van der Waals surface area contributed by atoms with E-state index >= 15 is 0 Å². The standard InChI is InChI=1S/C19H17N3O2S/c1-2-12-22-18(24)15-10-6-7-11-16(15)21-19(22)25-13-17(23)20-14-8-4-3-5-9-14/h2-11H,1,12-13H2,(H,20,23). The molecule has 3 aromatic rings. The van der Waals surface area contributed by atoms with Gasteiger partial charge in [0.05, 0.1) is 16.7 Å². The molecule has 0 bridgehead atoms. The fourth-order valence-electron chi connectivity index (χ4n) is 2.40. The van der Waals surface area contributed by atoms with Crippen molar-refractivity contribution < 1.29 is 4.79 Å². The number of fused-ring (bicyclic) bond motifs is 1. The lowest BCUT2D eigenvalue weighted by molar-refractivity contribution is -0.113. The van der Waals surface area contributed by atoms with Gasteiger partial charge in [0, 0.05) is 12.2 Å². The number of anilines is 1. The van der Waals surface area contributed by atoms with E-state index in [-0.39, 0.29) is 17.2 Å². The quantitative estimate of drug-likeness (QED) is 0.420. The van der Waals surface area contributed by atoms with Crippen LogP contribution in [0.25, 0.3) is 10.9 Å². The van der Waals surface area contributed by atoms with E-state index in [2.05, 4.69) is 16.9 Å². The van der Waals surface area contributed by atoms with Gasteiger partial charge in [-0.25, -0.2) is 4.98 Å². The lowest BCUT2D eigenvalue weighted by Gasteiger charge is -2.11. The Bertz CT molecular complexity index is 967. The van der Waals surface area contributed by atoms with Crippen molar-refractivity contribution in [3.05, 3.63) is 77.6 Å². The summed E-state index contributed by atoms with van der Waals surface area (Å²) in [6.07, 6.45) is 1.64. The van der Waals surface area contributed by atoms with E-state index in [0.717, 1.165) is 5.69 Å². The molecule has 0 saturated carbocycles. The van der Waals surface area contributed by atoms with Crippen LogP contribution in [-0.2, 0) is 11.3 Å². The van der Waals surface area contributed by atoms with E-state index in [1.807, 2.05) is 42.5 Å². The number of nitrogens with zero attached hydrogens (tertiary/aromatic N) is 2. The molecule has 0 aliphatic heterocycles.